The van der Waals surface area contributed by atoms with Crippen LogP contribution in [0, 0.1) is 6.92 Å². The molecule has 0 aromatic carbocycles. The van der Waals surface area contributed by atoms with Gasteiger partial charge in [-0.05, 0) is 13.0 Å². The van der Waals surface area contributed by atoms with Crippen molar-refractivity contribution in [1.82, 2.24) is 15.0 Å². The van der Waals surface area contributed by atoms with Crippen molar-refractivity contribution in [2.45, 2.75) is 6.92 Å². The summed E-state index contributed by atoms with van der Waals surface area (Å²) in [7, 11) is 0. The van der Waals surface area contributed by atoms with Crippen LogP contribution in [-0.4, -0.2) is 28.0 Å². The minimum atomic E-state index is 0.586. The highest BCUT2D eigenvalue weighted by Gasteiger charge is 2.03. The van der Waals surface area contributed by atoms with Crippen LogP contribution in [0.3, 0.4) is 0 Å². The molecule has 0 atom stereocenters. The van der Waals surface area contributed by atoms with E-state index >= 15 is 0 Å². The second-order valence-electron chi connectivity index (χ2n) is 3.50. The summed E-state index contributed by atoms with van der Waals surface area (Å²) in [4.78, 5) is 11.7. The molecule has 5 heteroatoms. The van der Waals surface area contributed by atoms with Crippen LogP contribution in [0.4, 0.5) is 5.82 Å². The van der Waals surface area contributed by atoms with E-state index in [1.807, 2.05) is 31.5 Å². The van der Waals surface area contributed by atoms with Crippen molar-refractivity contribution < 1.29 is 0 Å². The smallest absolute Gasteiger partial charge is 0.130 e. The average Bonchev–Trinajstić information content (AvgIpc) is 2.79. The van der Waals surface area contributed by atoms with Crippen LogP contribution in [0.1, 0.15) is 5.82 Å². The van der Waals surface area contributed by atoms with Crippen molar-refractivity contribution in [1.29, 1.82) is 0 Å². The summed E-state index contributed by atoms with van der Waals surface area (Å²) in [5, 5.41) is 3.15. The Bertz CT molecular complexity index is 449. The Morgan fingerprint density at radius 2 is 2.31 bits per heavy atom. The third kappa shape index (κ3) is 2.38. The number of nitrogens with one attached hydrogen (secondary N) is 2. The summed E-state index contributed by atoms with van der Waals surface area (Å²) in [5.74, 6) is 1.56. The van der Waals surface area contributed by atoms with E-state index in [1.165, 1.54) is 0 Å². The fourth-order valence-corrected chi connectivity index (χ4v) is 1.49. The largest absolute Gasteiger partial charge is 0.369 e. The van der Waals surface area contributed by atoms with E-state index in [0.717, 1.165) is 22.9 Å². The topological polar surface area (TPSA) is 79.6 Å². The van der Waals surface area contributed by atoms with Gasteiger partial charge in [0, 0.05) is 37.1 Å². The second kappa shape index (κ2) is 4.76. The normalized spacial score (nSPS) is 10.4. The summed E-state index contributed by atoms with van der Waals surface area (Å²) in [5.41, 5.74) is 7.40. The molecule has 0 radical (unpaired) electrons. The minimum absolute atomic E-state index is 0.586. The predicted octanol–water partition coefficient (Wildman–Crippen LogP) is 1.15. The van der Waals surface area contributed by atoms with Gasteiger partial charge in [0.1, 0.15) is 11.6 Å². The van der Waals surface area contributed by atoms with Crippen LogP contribution < -0.4 is 11.1 Å². The van der Waals surface area contributed by atoms with Gasteiger partial charge in [-0.15, -0.1) is 0 Å². The molecule has 0 fully saturated rings. The van der Waals surface area contributed by atoms with Crippen LogP contribution in [-0.2, 0) is 0 Å². The van der Waals surface area contributed by atoms with Gasteiger partial charge < -0.3 is 16.0 Å². The molecule has 0 amide bonds. The molecular formula is C11H15N5. The van der Waals surface area contributed by atoms with Gasteiger partial charge in [-0.3, -0.25) is 0 Å². The van der Waals surface area contributed by atoms with E-state index in [4.69, 9.17) is 5.73 Å². The molecule has 16 heavy (non-hydrogen) atoms. The van der Waals surface area contributed by atoms with Gasteiger partial charge in [0.25, 0.3) is 0 Å². The van der Waals surface area contributed by atoms with Crippen molar-refractivity contribution in [3.8, 4) is 11.3 Å². The molecule has 84 valence electrons. The van der Waals surface area contributed by atoms with Gasteiger partial charge in [-0.25, -0.2) is 9.97 Å². The monoisotopic (exact) mass is 217 g/mol. The highest BCUT2D eigenvalue weighted by Crippen LogP contribution is 2.18. The van der Waals surface area contributed by atoms with Gasteiger partial charge in [0.2, 0.25) is 0 Å². The zero-order valence-corrected chi connectivity index (χ0v) is 9.20. The van der Waals surface area contributed by atoms with Gasteiger partial charge in [0.15, 0.2) is 0 Å². The van der Waals surface area contributed by atoms with Gasteiger partial charge >= 0.3 is 0 Å². The molecule has 2 aromatic heterocycles. The molecule has 2 aromatic rings. The van der Waals surface area contributed by atoms with Crippen molar-refractivity contribution in [3.05, 3.63) is 30.4 Å². The Morgan fingerprint density at radius 3 is 3.00 bits per heavy atom. The molecule has 0 bridgehead atoms. The van der Waals surface area contributed by atoms with Crippen molar-refractivity contribution in [2.75, 3.05) is 18.4 Å². The number of anilines is 1. The van der Waals surface area contributed by atoms with Crippen LogP contribution in [0.5, 0.6) is 0 Å². The average molecular weight is 217 g/mol. The molecule has 2 rings (SSSR count). The Kier molecular flexibility index (Phi) is 3.16. The second-order valence-corrected chi connectivity index (χ2v) is 3.50. The molecule has 4 N–H and O–H groups in total. The first-order valence-corrected chi connectivity index (χ1v) is 5.22. The summed E-state index contributed by atoms with van der Waals surface area (Å²) >= 11 is 0. The van der Waals surface area contributed by atoms with Crippen LogP contribution >= 0.6 is 0 Å². The molecule has 0 aliphatic carbocycles. The fourth-order valence-electron chi connectivity index (χ4n) is 1.49. The third-order valence-corrected chi connectivity index (χ3v) is 2.18. The van der Waals surface area contributed by atoms with Crippen LogP contribution in [0.15, 0.2) is 24.5 Å². The molecule has 0 aliphatic heterocycles. The first-order valence-electron chi connectivity index (χ1n) is 5.22. The van der Waals surface area contributed by atoms with Crippen molar-refractivity contribution in [3.63, 3.8) is 0 Å². The lowest BCUT2D eigenvalue weighted by molar-refractivity contribution is 0.987. The molecule has 0 spiro atoms. The number of aromatic nitrogens is 3. The quantitative estimate of drug-likeness (QED) is 0.717. The number of aromatic amines is 1. The number of hydrogen-bond acceptors (Lipinski definition) is 4. The number of rotatable bonds is 4. The summed E-state index contributed by atoms with van der Waals surface area (Å²) in [6.45, 7) is 3.18. The zero-order valence-electron chi connectivity index (χ0n) is 9.20. The Hall–Kier alpha value is -1.88. The van der Waals surface area contributed by atoms with E-state index in [1.54, 1.807) is 0 Å². The maximum atomic E-state index is 5.44. The molecule has 2 heterocycles. The standard InChI is InChI=1S/C11H15N5/c1-8-15-10(9-2-4-13-7-9)6-11(16-8)14-5-3-12/h2,4,6-7,13H,3,5,12H2,1H3,(H,14,15,16). The van der Waals surface area contributed by atoms with E-state index < -0.39 is 0 Å². The maximum Gasteiger partial charge on any atom is 0.130 e. The van der Waals surface area contributed by atoms with E-state index in [9.17, 15) is 0 Å². The van der Waals surface area contributed by atoms with Gasteiger partial charge in [-0.1, -0.05) is 0 Å². The lowest BCUT2D eigenvalue weighted by atomic mass is 10.2. The van der Waals surface area contributed by atoms with Crippen molar-refractivity contribution >= 4 is 5.82 Å². The minimum Gasteiger partial charge on any atom is -0.369 e. The summed E-state index contributed by atoms with van der Waals surface area (Å²) < 4.78 is 0. The van der Waals surface area contributed by atoms with E-state index in [2.05, 4.69) is 20.3 Å². The van der Waals surface area contributed by atoms with Gasteiger partial charge in [0.05, 0.1) is 5.69 Å². The number of hydrogen-bond donors (Lipinski definition) is 3. The fraction of sp³-hybridized carbons (Fsp3) is 0.273. The Balaban J connectivity index is 2.29. The Morgan fingerprint density at radius 1 is 1.44 bits per heavy atom. The highest BCUT2D eigenvalue weighted by atomic mass is 15.0. The number of nitrogens with zero attached hydrogens (tertiary/aromatic N) is 2. The summed E-state index contributed by atoms with van der Waals surface area (Å²) in [6, 6.07) is 3.90. The number of H-pyrrole nitrogens is 1. The first kappa shape index (κ1) is 10.6. The van der Waals surface area contributed by atoms with Gasteiger partial charge in [-0.2, -0.15) is 0 Å². The molecule has 5 nitrogen and oxygen atoms in total. The maximum absolute atomic E-state index is 5.44. The SMILES string of the molecule is Cc1nc(NCCN)cc(-c2cc[nH]c2)n1. The van der Waals surface area contributed by atoms with E-state index in [-0.39, 0.29) is 0 Å². The Labute approximate surface area is 94.1 Å². The molecule has 0 saturated carbocycles. The number of nitrogens with two attached hydrogens (primary N) is 1. The van der Waals surface area contributed by atoms with Crippen molar-refractivity contribution in [2.24, 2.45) is 5.73 Å². The van der Waals surface area contributed by atoms with Crippen LogP contribution in [0.2, 0.25) is 0 Å². The summed E-state index contributed by atoms with van der Waals surface area (Å²) in [6.07, 6.45) is 3.79. The van der Waals surface area contributed by atoms with Crippen LogP contribution in [0.25, 0.3) is 11.3 Å². The highest BCUT2D eigenvalue weighted by molar-refractivity contribution is 5.61. The van der Waals surface area contributed by atoms with E-state index in [0.29, 0.717) is 13.1 Å². The lowest BCUT2D eigenvalue weighted by Crippen LogP contribution is -2.14. The molecule has 0 unspecified atom stereocenters. The third-order valence-electron chi connectivity index (χ3n) is 2.18. The molecule has 0 saturated heterocycles. The number of aryl methyl sites for hydroxylation is 1. The molecule has 0 aliphatic rings. The molecular weight excluding hydrogens is 202 g/mol. The lowest BCUT2D eigenvalue weighted by Gasteiger charge is -2.06. The predicted molar refractivity (Wildman–Crippen MR) is 64.1 cm³/mol. The first-order chi connectivity index (χ1) is 7.79. The zero-order chi connectivity index (χ0) is 11.4.